The van der Waals surface area contributed by atoms with Crippen molar-refractivity contribution in [2.45, 2.75) is 91.9 Å². The second kappa shape index (κ2) is 18.6. The molecule has 2 fully saturated rings. The molecule has 2 heterocycles. The van der Waals surface area contributed by atoms with Crippen LogP contribution in [0.4, 0.5) is 74.6 Å². The van der Waals surface area contributed by atoms with E-state index >= 15 is 0 Å². The number of benzene rings is 3. The Hall–Kier alpha value is -5.20. The molecule has 4 atom stereocenters. The molecule has 3 aromatic rings. The van der Waals surface area contributed by atoms with Gasteiger partial charge in [-0.05, 0) is 42.2 Å². The van der Waals surface area contributed by atoms with Gasteiger partial charge in [-0.1, -0.05) is 84.4 Å². The van der Waals surface area contributed by atoms with Crippen LogP contribution in [0.15, 0.2) is 84.9 Å². The van der Waals surface area contributed by atoms with Crippen molar-refractivity contribution < 1.29 is 98.6 Å². The Labute approximate surface area is 378 Å². The van der Waals surface area contributed by atoms with E-state index in [4.69, 9.17) is 16.3 Å². The van der Waals surface area contributed by atoms with E-state index in [2.05, 4.69) is 5.32 Å². The summed E-state index contributed by atoms with van der Waals surface area (Å²) in [6.45, 7) is -1.22. The fourth-order valence-corrected chi connectivity index (χ4v) is 8.29. The molecule has 0 aliphatic carbocycles. The second-order valence-corrected chi connectivity index (χ2v) is 16.2. The maximum atomic E-state index is 14.9. The third-order valence-electron chi connectivity index (χ3n) is 11.6. The van der Waals surface area contributed by atoms with Crippen LogP contribution in [0.3, 0.4) is 0 Å². The number of nitrogens with one attached hydrogen (secondary N) is 1. The molecule has 68 heavy (non-hydrogen) atoms. The van der Waals surface area contributed by atoms with Crippen molar-refractivity contribution in [1.29, 1.82) is 0 Å². The predicted molar refractivity (Wildman–Crippen MR) is 202 cm³/mol. The van der Waals surface area contributed by atoms with Gasteiger partial charge < -0.3 is 15.0 Å². The van der Waals surface area contributed by atoms with E-state index in [1.165, 1.54) is 61.5 Å². The van der Waals surface area contributed by atoms with Gasteiger partial charge >= 0.3 is 53.6 Å². The van der Waals surface area contributed by atoms with Crippen molar-refractivity contribution in [3.8, 4) is 0 Å². The number of rotatable bonds is 19. The quantitative estimate of drug-likeness (QED) is 0.0557. The van der Waals surface area contributed by atoms with Crippen LogP contribution in [0, 0.1) is 11.8 Å². The molecule has 2 aliphatic rings. The van der Waals surface area contributed by atoms with Crippen LogP contribution in [0.1, 0.15) is 42.5 Å². The lowest BCUT2D eigenvalue weighted by molar-refractivity contribution is -0.461. The zero-order valence-electron chi connectivity index (χ0n) is 34.5. The van der Waals surface area contributed by atoms with E-state index in [1.807, 2.05) is 0 Å². The first-order valence-corrected chi connectivity index (χ1v) is 20.2. The first kappa shape index (κ1) is 53.8. The van der Waals surface area contributed by atoms with Crippen molar-refractivity contribution in [2.24, 2.45) is 11.8 Å². The Morgan fingerprint density at radius 2 is 1.15 bits per heavy atom. The van der Waals surface area contributed by atoms with Gasteiger partial charge in [-0.15, -0.1) is 0 Å². The zero-order chi connectivity index (χ0) is 51.3. The molecular formula is C42H35ClF17N3O5. The number of hydrogen-bond acceptors (Lipinski definition) is 6. The number of imide groups is 1. The molecule has 0 radical (unpaired) electrons. The van der Waals surface area contributed by atoms with Crippen LogP contribution >= 0.6 is 11.6 Å². The van der Waals surface area contributed by atoms with E-state index in [0.29, 0.717) is 5.56 Å². The van der Waals surface area contributed by atoms with Crippen LogP contribution in [0.5, 0.6) is 0 Å². The van der Waals surface area contributed by atoms with E-state index in [-0.39, 0.29) is 29.2 Å². The predicted octanol–water partition coefficient (Wildman–Crippen LogP) is 9.95. The molecule has 3 aromatic carbocycles. The van der Waals surface area contributed by atoms with Crippen molar-refractivity contribution in [3.63, 3.8) is 0 Å². The van der Waals surface area contributed by atoms with Gasteiger partial charge in [0.05, 0.1) is 31.0 Å². The number of esters is 1. The third-order valence-corrected chi connectivity index (χ3v) is 11.8. The summed E-state index contributed by atoms with van der Waals surface area (Å²) >= 11 is 6.11. The van der Waals surface area contributed by atoms with Crippen LogP contribution < -0.4 is 5.32 Å². The number of alkyl halides is 17. The Bertz CT molecular complexity index is 2320. The number of likely N-dealkylation sites (tertiary alicyclic amines) is 2. The smallest absolute Gasteiger partial charge is 0.460 e. The molecule has 0 aromatic heterocycles. The van der Waals surface area contributed by atoms with Crippen molar-refractivity contribution >= 4 is 35.3 Å². The largest absolute Gasteiger partial charge is 0.464 e. The third kappa shape index (κ3) is 8.62. The minimum atomic E-state index is -8.81. The molecule has 0 bridgehead atoms. The zero-order valence-corrected chi connectivity index (χ0v) is 35.3. The summed E-state index contributed by atoms with van der Waals surface area (Å²) < 4.78 is 242. The Balaban J connectivity index is 1.53. The SMILES string of the molecule is CCN1C(=O)C2C(c3ccc(Cl)cc3)N(C(=O)CNCc3ccccc3)[C@@](Cc3ccccc3)(C(=O)OCCCC(F)(F)C(F)(F)C(F)(F)C(F)(F)C(F)(F)C(F)(F)C(F)(F)C(F)(F)F)C2C1=O. The Morgan fingerprint density at radius 1 is 0.662 bits per heavy atom. The first-order valence-electron chi connectivity index (χ1n) is 19.8. The van der Waals surface area contributed by atoms with E-state index in [0.717, 1.165) is 9.80 Å². The van der Waals surface area contributed by atoms with Gasteiger partial charge in [0.15, 0.2) is 5.54 Å². The number of fused-ring (bicyclic) bond motifs is 1. The van der Waals surface area contributed by atoms with Gasteiger partial charge in [-0.25, -0.2) is 4.79 Å². The van der Waals surface area contributed by atoms with Gasteiger partial charge in [-0.2, -0.15) is 74.6 Å². The Morgan fingerprint density at radius 3 is 1.65 bits per heavy atom. The highest BCUT2D eigenvalue weighted by Crippen LogP contribution is 2.64. The molecule has 3 unspecified atom stereocenters. The topological polar surface area (TPSA) is 96.0 Å². The highest BCUT2D eigenvalue weighted by atomic mass is 35.5. The number of ether oxygens (including phenoxy) is 1. The summed E-state index contributed by atoms with van der Waals surface area (Å²) in [5.74, 6) is -66.0. The average molecular weight is 1020 g/mol. The van der Waals surface area contributed by atoms with Crippen LogP contribution in [-0.2, 0) is 36.9 Å². The van der Waals surface area contributed by atoms with Crippen LogP contribution in [-0.4, -0.2) is 106 Å². The van der Waals surface area contributed by atoms with Crippen molar-refractivity contribution in [2.75, 3.05) is 19.7 Å². The monoisotopic (exact) mass is 1020 g/mol. The highest BCUT2D eigenvalue weighted by molar-refractivity contribution is 6.30. The fraction of sp³-hybridized carbons (Fsp3) is 0.476. The van der Waals surface area contributed by atoms with Gasteiger partial charge in [0, 0.05) is 31.0 Å². The molecule has 0 spiro atoms. The second-order valence-electron chi connectivity index (χ2n) is 15.7. The molecule has 2 saturated heterocycles. The number of hydrogen-bond donors (Lipinski definition) is 1. The Kier molecular flexibility index (Phi) is 14.7. The average Bonchev–Trinajstić information content (AvgIpc) is 3.70. The molecule has 0 saturated carbocycles. The van der Waals surface area contributed by atoms with E-state index in [9.17, 15) is 93.8 Å². The molecule has 5 rings (SSSR count). The minimum Gasteiger partial charge on any atom is -0.464 e. The first-order chi connectivity index (χ1) is 31.2. The van der Waals surface area contributed by atoms with Gasteiger partial charge in [-0.3, -0.25) is 19.3 Å². The summed E-state index contributed by atoms with van der Waals surface area (Å²) in [7, 11) is 0. The van der Waals surface area contributed by atoms with Gasteiger partial charge in [0.2, 0.25) is 17.7 Å². The maximum Gasteiger partial charge on any atom is 0.460 e. The molecule has 3 amide bonds. The fourth-order valence-electron chi connectivity index (χ4n) is 8.17. The molecule has 2 aliphatic heterocycles. The van der Waals surface area contributed by atoms with Crippen molar-refractivity contribution in [3.05, 3.63) is 107 Å². The maximum absolute atomic E-state index is 14.9. The van der Waals surface area contributed by atoms with E-state index < -0.39 is 127 Å². The lowest BCUT2D eigenvalue weighted by atomic mass is 9.75. The van der Waals surface area contributed by atoms with Crippen LogP contribution in [0.2, 0.25) is 5.02 Å². The summed E-state index contributed by atoms with van der Waals surface area (Å²) in [5.41, 5.74) is -1.80. The number of carbonyl (C=O) groups excluding carboxylic acids is 4. The standard InChI is InChI=1S/C42H35ClF17N3O5/c1-2-62-31(65)28-29(32(62)66)34(20-23-10-5-3-6-11-23,63(30(28)25-14-16-26(43)17-15-25)27(64)22-61-21-24-12-7-4-8-13-24)33(67)68-19-9-18-35(44,45)36(46,47)37(48,49)38(50,51)39(52,53)40(54,55)41(56,57)42(58,59)60/h3-8,10-17,28-30,61H,2,9,18-22H2,1H3/t28?,29?,30?,34-/m1/s1. The van der Waals surface area contributed by atoms with Crippen molar-refractivity contribution in [1.82, 2.24) is 15.1 Å². The van der Waals surface area contributed by atoms with E-state index in [1.54, 1.807) is 30.3 Å². The summed E-state index contributed by atoms with van der Waals surface area (Å²) in [6, 6.07) is 19.3. The van der Waals surface area contributed by atoms with Gasteiger partial charge in [0.1, 0.15) is 0 Å². The summed E-state index contributed by atoms with van der Waals surface area (Å²) in [6.07, 6.45) is -13.4. The highest BCUT2D eigenvalue weighted by Gasteiger charge is 2.95. The molecular weight excluding hydrogens is 985 g/mol. The lowest BCUT2D eigenvalue weighted by Gasteiger charge is -2.43. The number of amides is 3. The molecule has 8 nitrogen and oxygen atoms in total. The minimum absolute atomic E-state index is 0.0143. The molecule has 374 valence electrons. The molecule has 1 N–H and O–H groups in total. The summed E-state index contributed by atoms with van der Waals surface area (Å²) in [4.78, 5) is 59.5. The van der Waals surface area contributed by atoms with Gasteiger partial charge in [0.25, 0.3) is 0 Å². The molecule has 26 heteroatoms. The number of nitrogens with zero attached hydrogens (tertiary/aromatic N) is 2. The normalized spacial score (nSPS) is 21.1. The lowest BCUT2D eigenvalue weighted by Crippen LogP contribution is -2.74. The number of carbonyl (C=O) groups is 4. The number of halogens is 18. The van der Waals surface area contributed by atoms with Crippen LogP contribution in [0.25, 0.3) is 0 Å². The summed E-state index contributed by atoms with van der Waals surface area (Å²) in [5, 5.41) is 3.00.